The first-order chi connectivity index (χ1) is 17.4. The van der Waals surface area contributed by atoms with E-state index in [0.29, 0.717) is 10.7 Å². The van der Waals surface area contributed by atoms with E-state index >= 15 is 0 Å². The van der Waals surface area contributed by atoms with Crippen molar-refractivity contribution in [3.05, 3.63) is 113 Å². The molecule has 1 N–H and O–H groups in total. The van der Waals surface area contributed by atoms with Crippen LogP contribution in [-0.2, 0) is 4.74 Å². The van der Waals surface area contributed by atoms with E-state index in [1.54, 1.807) is 24.4 Å². The van der Waals surface area contributed by atoms with Gasteiger partial charge in [0.05, 0.1) is 30.5 Å². The Morgan fingerprint density at radius 3 is 2.50 bits per heavy atom. The van der Waals surface area contributed by atoms with Gasteiger partial charge in [-0.1, -0.05) is 12.1 Å². The third-order valence-corrected chi connectivity index (χ3v) is 6.83. The normalized spacial score (nSPS) is 17.2. The molecule has 0 saturated carbocycles. The summed E-state index contributed by atoms with van der Waals surface area (Å²) in [5.41, 5.74) is 6.02. The predicted octanol–water partition coefficient (Wildman–Crippen LogP) is 5.59. The van der Waals surface area contributed by atoms with E-state index in [0.717, 1.165) is 34.0 Å². The number of benzene rings is 2. The van der Waals surface area contributed by atoms with Crippen LogP contribution in [0, 0.1) is 19.7 Å². The van der Waals surface area contributed by atoms with Crippen LogP contribution in [0.15, 0.2) is 79.0 Å². The van der Waals surface area contributed by atoms with Gasteiger partial charge in [-0.25, -0.2) is 9.18 Å². The fourth-order valence-corrected chi connectivity index (χ4v) is 5.27. The van der Waals surface area contributed by atoms with Gasteiger partial charge in [0.1, 0.15) is 5.82 Å². The van der Waals surface area contributed by atoms with Gasteiger partial charge in [0.15, 0.2) is 5.11 Å². The lowest BCUT2D eigenvalue weighted by Crippen LogP contribution is -2.29. The third-order valence-electron chi connectivity index (χ3n) is 6.52. The van der Waals surface area contributed by atoms with Crippen molar-refractivity contribution in [3.8, 4) is 5.69 Å². The van der Waals surface area contributed by atoms with Crippen LogP contribution in [0.1, 0.15) is 45.1 Å². The number of aromatic nitrogens is 2. The van der Waals surface area contributed by atoms with Crippen LogP contribution < -0.4 is 10.2 Å². The molecule has 1 aliphatic rings. The number of rotatable bonds is 5. The van der Waals surface area contributed by atoms with Crippen LogP contribution >= 0.6 is 12.2 Å². The lowest BCUT2D eigenvalue weighted by atomic mass is 9.96. The molecule has 36 heavy (non-hydrogen) atoms. The summed E-state index contributed by atoms with van der Waals surface area (Å²) in [7, 11) is 1.37. The number of ether oxygens (including phenoxy) is 1. The number of aryl methyl sites for hydroxylation is 1. The summed E-state index contributed by atoms with van der Waals surface area (Å²) in [6, 6.07) is 21.2. The summed E-state index contributed by atoms with van der Waals surface area (Å²) in [5, 5.41) is 3.98. The van der Waals surface area contributed by atoms with Crippen LogP contribution in [0.2, 0.25) is 0 Å². The number of hydrogen-bond donors (Lipinski definition) is 1. The number of methoxy groups -OCH3 is 1. The molecule has 2 atom stereocenters. The van der Waals surface area contributed by atoms with Crippen molar-refractivity contribution < 1.29 is 13.9 Å². The van der Waals surface area contributed by atoms with Gasteiger partial charge < -0.3 is 19.5 Å². The molecule has 1 fully saturated rings. The number of anilines is 1. The third kappa shape index (κ3) is 4.13. The van der Waals surface area contributed by atoms with Crippen molar-refractivity contribution in [2.75, 3.05) is 12.0 Å². The minimum Gasteiger partial charge on any atom is -0.465 e. The van der Waals surface area contributed by atoms with Gasteiger partial charge in [-0.05, 0) is 92.3 Å². The zero-order chi connectivity index (χ0) is 25.4. The number of nitrogens with one attached hydrogen (secondary N) is 1. The molecule has 8 heteroatoms. The maximum absolute atomic E-state index is 13.7. The molecule has 2 aromatic heterocycles. The van der Waals surface area contributed by atoms with Crippen LogP contribution in [0.4, 0.5) is 10.1 Å². The molecule has 1 saturated heterocycles. The highest BCUT2D eigenvalue weighted by Gasteiger charge is 2.42. The molecule has 3 heterocycles. The van der Waals surface area contributed by atoms with Crippen molar-refractivity contribution >= 4 is 29.0 Å². The van der Waals surface area contributed by atoms with Crippen molar-refractivity contribution in [3.63, 3.8) is 0 Å². The average Bonchev–Trinajstić information content (AvgIpc) is 3.39. The average molecular weight is 501 g/mol. The highest BCUT2D eigenvalue weighted by atomic mass is 32.1. The number of pyridine rings is 1. The van der Waals surface area contributed by atoms with E-state index in [9.17, 15) is 9.18 Å². The fourth-order valence-electron chi connectivity index (χ4n) is 4.92. The van der Waals surface area contributed by atoms with Crippen molar-refractivity contribution in [2.45, 2.75) is 25.9 Å². The molecule has 0 radical (unpaired) electrons. The largest absolute Gasteiger partial charge is 0.465 e. The van der Waals surface area contributed by atoms with Crippen molar-refractivity contribution in [1.82, 2.24) is 14.9 Å². The molecular formula is C28H25FN4O2S. The SMILES string of the molecule is COC(=O)c1cccc(-n2c(C)cc([C@@H]3[C@@H](c4ccccn4)NC(=S)N3c3ccc(F)cc3)c2C)c1. The maximum atomic E-state index is 13.7. The smallest absolute Gasteiger partial charge is 0.337 e. The molecule has 182 valence electrons. The Kier molecular flexibility index (Phi) is 6.28. The van der Waals surface area contributed by atoms with Crippen LogP contribution in [0.5, 0.6) is 0 Å². The van der Waals surface area contributed by atoms with Crippen molar-refractivity contribution in [2.24, 2.45) is 0 Å². The summed E-state index contributed by atoms with van der Waals surface area (Å²) in [6.07, 6.45) is 1.76. The first-order valence-electron chi connectivity index (χ1n) is 11.5. The minimum atomic E-state index is -0.387. The first kappa shape index (κ1) is 23.7. The highest BCUT2D eigenvalue weighted by Crippen LogP contribution is 2.43. The molecule has 5 rings (SSSR count). The molecule has 4 aromatic rings. The Balaban J connectivity index is 1.66. The standard InChI is InChI=1S/C28H25FN4O2S/c1-17-15-23(18(2)32(17)22-8-6-7-19(16-22)27(34)35-3)26-25(24-9-4-5-14-30-24)31-28(36)33(26)21-12-10-20(29)11-13-21/h4-16,25-26H,1-3H3,(H,31,36)/t25-,26-/m1/s1. The van der Waals surface area contributed by atoms with E-state index in [1.807, 2.05) is 55.1 Å². The number of carbonyl (C=O) groups excluding carboxylic acids is 1. The number of halogens is 1. The van der Waals surface area contributed by atoms with E-state index < -0.39 is 0 Å². The second-order valence-electron chi connectivity index (χ2n) is 8.68. The Labute approximate surface area is 214 Å². The number of hydrogen-bond acceptors (Lipinski definition) is 4. The monoisotopic (exact) mass is 500 g/mol. The summed E-state index contributed by atoms with van der Waals surface area (Å²) in [6.45, 7) is 4.08. The number of carbonyl (C=O) groups is 1. The van der Waals surface area contributed by atoms with Gasteiger partial charge in [0.25, 0.3) is 0 Å². The van der Waals surface area contributed by atoms with Gasteiger partial charge in [-0.2, -0.15) is 0 Å². The molecule has 0 spiro atoms. The lowest BCUT2D eigenvalue weighted by molar-refractivity contribution is 0.0600. The van der Waals surface area contributed by atoms with Crippen LogP contribution in [0.25, 0.3) is 5.69 Å². The Bertz CT molecular complexity index is 1440. The fraction of sp³-hybridized carbons (Fsp3) is 0.179. The minimum absolute atomic E-state index is 0.223. The van der Waals surface area contributed by atoms with E-state index in [-0.39, 0.29) is 23.9 Å². The molecular weight excluding hydrogens is 475 g/mol. The van der Waals surface area contributed by atoms with Gasteiger partial charge in [-0.3, -0.25) is 4.98 Å². The number of nitrogens with zero attached hydrogens (tertiary/aromatic N) is 3. The van der Waals surface area contributed by atoms with Gasteiger partial charge in [0, 0.05) is 29.0 Å². The quantitative estimate of drug-likeness (QED) is 0.285. The van der Waals surface area contributed by atoms with Crippen LogP contribution in [0.3, 0.4) is 0 Å². The molecule has 0 amide bonds. The predicted molar refractivity (Wildman–Crippen MR) is 141 cm³/mol. The van der Waals surface area contributed by atoms with Gasteiger partial charge in [0.2, 0.25) is 0 Å². The number of thiocarbonyl (C=S) groups is 1. The number of esters is 1. The second-order valence-corrected chi connectivity index (χ2v) is 9.06. The Morgan fingerprint density at radius 1 is 1.03 bits per heavy atom. The lowest BCUT2D eigenvalue weighted by Gasteiger charge is -2.28. The summed E-state index contributed by atoms with van der Waals surface area (Å²) < 4.78 is 20.8. The van der Waals surface area contributed by atoms with Crippen LogP contribution in [-0.4, -0.2) is 27.7 Å². The van der Waals surface area contributed by atoms with Crippen molar-refractivity contribution in [1.29, 1.82) is 0 Å². The first-order valence-corrected chi connectivity index (χ1v) is 11.9. The Hall–Kier alpha value is -4.04. The molecule has 1 aliphatic heterocycles. The maximum Gasteiger partial charge on any atom is 0.337 e. The highest BCUT2D eigenvalue weighted by molar-refractivity contribution is 7.80. The molecule has 0 unspecified atom stereocenters. The van der Waals surface area contributed by atoms with E-state index in [1.165, 1.54) is 19.2 Å². The van der Waals surface area contributed by atoms with Gasteiger partial charge >= 0.3 is 5.97 Å². The second kappa shape index (κ2) is 9.54. The summed E-state index contributed by atoms with van der Waals surface area (Å²) in [5.74, 6) is -0.694. The van der Waals surface area contributed by atoms with E-state index in [4.69, 9.17) is 17.0 Å². The molecule has 0 aliphatic carbocycles. The van der Waals surface area contributed by atoms with E-state index in [2.05, 4.69) is 20.9 Å². The zero-order valence-corrected chi connectivity index (χ0v) is 20.9. The molecule has 2 aromatic carbocycles. The Morgan fingerprint density at radius 2 is 1.81 bits per heavy atom. The summed E-state index contributed by atoms with van der Waals surface area (Å²) >= 11 is 5.78. The zero-order valence-electron chi connectivity index (χ0n) is 20.1. The molecule has 0 bridgehead atoms. The summed E-state index contributed by atoms with van der Waals surface area (Å²) in [4.78, 5) is 18.8. The molecule has 6 nitrogen and oxygen atoms in total. The topological polar surface area (TPSA) is 59.4 Å². The van der Waals surface area contributed by atoms with Gasteiger partial charge in [-0.15, -0.1) is 0 Å².